The molecular weight excluding hydrogens is 228 g/mol. The fraction of sp³-hybridized carbons (Fsp3) is 0.571. The van der Waals surface area contributed by atoms with E-state index >= 15 is 0 Å². The van der Waals surface area contributed by atoms with Crippen molar-refractivity contribution in [2.24, 2.45) is 0 Å². The van der Waals surface area contributed by atoms with Crippen LogP contribution >= 0.6 is 0 Å². The van der Waals surface area contributed by atoms with Gasteiger partial charge in [0.1, 0.15) is 0 Å². The van der Waals surface area contributed by atoms with Crippen molar-refractivity contribution < 1.29 is 9.53 Å². The van der Waals surface area contributed by atoms with Crippen LogP contribution in [0, 0.1) is 0 Å². The molecule has 0 unspecified atom stereocenters. The minimum atomic E-state index is -0.0804. The monoisotopic (exact) mass is 248 g/mol. The van der Waals surface area contributed by atoms with Crippen molar-refractivity contribution in [1.29, 1.82) is 0 Å². The van der Waals surface area contributed by atoms with E-state index in [1.807, 2.05) is 0 Å². The summed E-state index contributed by atoms with van der Waals surface area (Å²) >= 11 is 0. The molecule has 0 spiro atoms. The number of hydrogen-bond acceptors (Lipinski definition) is 3. The van der Waals surface area contributed by atoms with Gasteiger partial charge in [0, 0.05) is 31.6 Å². The van der Waals surface area contributed by atoms with Gasteiger partial charge >= 0.3 is 0 Å². The van der Waals surface area contributed by atoms with Crippen molar-refractivity contribution in [3.8, 4) is 0 Å². The summed E-state index contributed by atoms with van der Waals surface area (Å²) in [6, 6.07) is 3.58. The summed E-state index contributed by atoms with van der Waals surface area (Å²) in [6.07, 6.45) is 8.61. The van der Waals surface area contributed by atoms with Crippen molar-refractivity contribution in [2.75, 3.05) is 13.7 Å². The number of pyridine rings is 1. The molecule has 4 nitrogen and oxygen atoms in total. The van der Waals surface area contributed by atoms with Crippen LogP contribution in [0.5, 0.6) is 0 Å². The number of carbonyl (C=O) groups is 1. The van der Waals surface area contributed by atoms with E-state index in [0.29, 0.717) is 12.2 Å². The van der Waals surface area contributed by atoms with E-state index in [4.69, 9.17) is 4.74 Å². The molecule has 0 saturated heterocycles. The Balaban J connectivity index is 2.03. The van der Waals surface area contributed by atoms with Gasteiger partial charge in [-0.3, -0.25) is 9.78 Å². The standard InChI is InChI=1S/C14H20N2O2/c1-18-10-8-14(6-2-3-7-14)16-13(17)12-5-4-9-15-11-12/h4-5,9,11H,2-3,6-8,10H2,1H3,(H,16,17). The summed E-state index contributed by atoms with van der Waals surface area (Å²) in [5.74, 6) is -0.0268. The molecule has 2 rings (SSSR count). The van der Waals surface area contributed by atoms with Crippen LogP contribution in [0.3, 0.4) is 0 Å². The van der Waals surface area contributed by atoms with Crippen LogP contribution in [-0.2, 0) is 4.74 Å². The maximum absolute atomic E-state index is 12.2. The van der Waals surface area contributed by atoms with Crippen molar-refractivity contribution in [1.82, 2.24) is 10.3 Å². The van der Waals surface area contributed by atoms with Crippen LogP contribution in [0.4, 0.5) is 0 Å². The van der Waals surface area contributed by atoms with Gasteiger partial charge in [0.15, 0.2) is 0 Å². The Bertz CT molecular complexity index is 386. The first-order valence-electron chi connectivity index (χ1n) is 6.47. The first-order valence-corrected chi connectivity index (χ1v) is 6.47. The van der Waals surface area contributed by atoms with E-state index in [9.17, 15) is 4.79 Å². The molecule has 0 bridgehead atoms. The molecule has 1 fully saturated rings. The third kappa shape index (κ3) is 3.07. The van der Waals surface area contributed by atoms with Crippen LogP contribution in [0.1, 0.15) is 42.5 Å². The molecule has 1 heterocycles. The van der Waals surface area contributed by atoms with Crippen LogP contribution in [0.25, 0.3) is 0 Å². The average molecular weight is 248 g/mol. The zero-order valence-corrected chi connectivity index (χ0v) is 10.8. The Morgan fingerprint density at radius 3 is 2.89 bits per heavy atom. The second kappa shape index (κ2) is 5.96. The van der Waals surface area contributed by atoms with Crippen molar-refractivity contribution in [3.05, 3.63) is 30.1 Å². The highest BCUT2D eigenvalue weighted by Gasteiger charge is 2.35. The number of methoxy groups -OCH3 is 1. The number of rotatable bonds is 5. The maximum atomic E-state index is 12.2. The molecule has 98 valence electrons. The topological polar surface area (TPSA) is 51.2 Å². The maximum Gasteiger partial charge on any atom is 0.253 e. The van der Waals surface area contributed by atoms with Gasteiger partial charge in [-0.25, -0.2) is 0 Å². The fourth-order valence-corrected chi connectivity index (χ4v) is 2.60. The second-order valence-corrected chi connectivity index (χ2v) is 4.93. The quantitative estimate of drug-likeness (QED) is 0.868. The van der Waals surface area contributed by atoms with Crippen molar-refractivity contribution in [2.45, 2.75) is 37.6 Å². The number of carbonyl (C=O) groups excluding carboxylic acids is 1. The van der Waals surface area contributed by atoms with Gasteiger partial charge in [-0.1, -0.05) is 12.8 Å². The van der Waals surface area contributed by atoms with E-state index in [-0.39, 0.29) is 11.4 Å². The van der Waals surface area contributed by atoms with E-state index in [1.54, 1.807) is 31.6 Å². The number of ether oxygens (including phenoxy) is 1. The zero-order valence-electron chi connectivity index (χ0n) is 10.8. The van der Waals surface area contributed by atoms with Crippen LogP contribution in [0.15, 0.2) is 24.5 Å². The first-order chi connectivity index (χ1) is 8.76. The SMILES string of the molecule is COCCC1(NC(=O)c2cccnc2)CCCC1. The molecule has 0 radical (unpaired) electrons. The molecule has 18 heavy (non-hydrogen) atoms. The Kier molecular flexibility index (Phi) is 4.31. The highest BCUT2D eigenvalue weighted by atomic mass is 16.5. The predicted molar refractivity (Wildman–Crippen MR) is 69.4 cm³/mol. The predicted octanol–water partition coefficient (Wildman–Crippen LogP) is 2.16. The molecule has 0 atom stereocenters. The summed E-state index contributed by atoms with van der Waals surface area (Å²) < 4.78 is 5.15. The average Bonchev–Trinajstić information content (AvgIpc) is 2.86. The fourth-order valence-electron chi connectivity index (χ4n) is 2.60. The number of amides is 1. The Labute approximate surface area is 108 Å². The Morgan fingerprint density at radius 1 is 1.50 bits per heavy atom. The first kappa shape index (κ1) is 13.0. The number of nitrogens with zero attached hydrogens (tertiary/aromatic N) is 1. The normalized spacial score (nSPS) is 17.6. The summed E-state index contributed by atoms with van der Waals surface area (Å²) in [7, 11) is 1.70. The lowest BCUT2D eigenvalue weighted by atomic mass is 9.93. The Hall–Kier alpha value is -1.42. The molecule has 1 amide bonds. The third-order valence-corrected chi connectivity index (χ3v) is 3.65. The molecule has 0 aromatic carbocycles. The molecule has 1 N–H and O–H groups in total. The number of aromatic nitrogens is 1. The highest BCUT2D eigenvalue weighted by Crippen LogP contribution is 2.32. The smallest absolute Gasteiger partial charge is 0.253 e. The highest BCUT2D eigenvalue weighted by molar-refractivity contribution is 5.94. The second-order valence-electron chi connectivity index (χ2n) is 4.93. The Morgan fingerprint density at radius 2 is 2.28 bits per heavy atom. The molecule has 1 aromatic heterocycles. The summed E-state index contributed by atoms with van der Waals surface area (Å²) in [5, 5.41) is 3.18. The van der Waals surface area contributed by atoms with E-state index in [0.717, 1.165) is 19.3 Å². The van der Waals surface area contributed by atoms with Gasteiger partial charge in [0.05, 0.1) is 5.56 Å². The third-order valence-electron chi connectivity index (χ3n) is 3.65. The van der Waals surface area contributed by atoms with E-state index in [2.05, 4.69) is 10.3 Å². The van der Waals surface area contributed by atoms with Gasteiger partial charge in [0.25, 0.3) is 5.91 Å². The van der Waals surface area contributed by atoms with Gasteiger partial charge in [-0.05, 0) is 31.4 Å². The van der Waals surface area contributed by atoms with E-state index in [1.165, 1.54) is 12.8 Å². The van der Waals surface area contributed by atoms with Crippen LogP contribution in [0.2, 0.25) is 0 Å². The largest absolute Gasteiger partial charge is 0.385 e. The van der Waals surface area contributed by atoms with Gasteiger partial charge < -0.3 is 10.1 Å². The van der Waals surface area contributed by atoms with Gasteiger partial charge in [-0.2, -0.15) is 0 Å². The number of nitrogens with one attached hydrogen (secondary N) is 1. The molecule has 1 aliphatic rings. The summed E-state index contributed by atoms with van der Waals surface area (Å²) in [5.41, 5.74) is 0.546. The lowest BCUT2D eigenvalue weighted by molar-refractivity contribution is 0.0865. The molecule has 1 aromatic rings. The van der Waals surface area contributed by atoms with E-state index < -0.39 is 0 Å². The summed E-state index contributed by atoms with van der Waals surface area (Å²) in [6.45, 7) is 0.688. The molecule has 1 aliphatic carbocycles. The number of hydrogen-bond donors (Lipinski definition) is 1. The molecule has 1 saturated carbocycles. The van der Waals surface area contributed by atoms with Crippen LogP contribution in [-0.4, -0.2) is 30.1 Å². The van der Waals surface area contributed by atoms with Gasteiger partial charge in [-0.15, -0.1) is 0 Å². The molecular formula is C14H20N2O2. The zero-order chi connectivity index (χ0) is 12.8. The van der Waals surface area contributed by atoms with Gasteiger partial charge in [0.2, 0.25) is 0 Å². The minimum Gasteiger partial charge on any atom is -0.385 e. The molecule has 4 heteroatoms. The van der Waals surface area contributed by atoms with Crippen molar-refractivity contribution in [3.63, 3.8) is 0 Å². The minimum absolute atomic E-state index is 0.0268. The molecule has 0 aliphatic heterocycles. The van der Waals surface area contributed by atoms with Crippen molar-refractivity contribution >= 4 is 5.91 Å². The van der Waals surface area contributed by atoms with Crippen LogP contribution < -0.4 is 5.32 Å². The summed E-state index contributed by atoms with van der Waals surface area (Å²) in [4.78, 5) is 16.2. The lowest BCUT2D eigenvalue weighted by Crippen LogP contribution is -2.47. The lowest BCUT2D eigenvalue weighted by Gasteiger charge is -2.30.